The van der Waals surface area contributed by atoms with Crippen molar-refractivity contribution in [2.75, 3.05) is 30.0 Å². The van der Waals surface area contributed by atoms with E-state index in [0.29, 0.717) is 17.3 Å². The Kier molecular flexibility index (Phi) is 4.80. The van der Waals surface area contributed by atoms with Crippen molar-refractivity contribution < 1.29 is 4.74 Å². The number of hydrogen-bond acceptors (Lipinski definition) is 6. The molecule has 0 amide bonds. The number of nitrogens with zero attached hydrogens (tertiary/aromatic N) is 5. The van der Waals surface area contributed by atoms with Crippen molar-refractivity contribution in [2.24, 2.45) is 0 Å². The molecule has 0 aliphatic carbocycles. The van der Waals surface area contributed by atoms with Gasteiger partial charge in [-0.25, -0.2) is 15.0 Å². The molecule has 0 aromatic carbocycles. The normalized spacial score (nSPS) is 20.3. The van der Waals surface area contributed by atoms with E-state index in [2.05, 4.69) is 37.7 Å². The van der Waals surface area contributed by atoms with Gasteiger partial charge in [0.2, 0.25) is 0 Å². The minimum Gasteiger partial charge on any atom is -0.381 e. The van der Waals surface area contributed by atoms with Gasteiger partial charge in [0, 0.05) is 56.4 Å². The highest BCUT2D eigenvalue weighted by Gasteiger charge is 2.31. The fraction of sp³-hybridized carbons (Fsp3) is 0.476. The third-order valence-corrected chi connectivity index (χ3v) is 6.41. The summed E-state index contributed by atoms with van der Waals surface area (Å²) in [6.07, 6.45) is 6.91. The van der Waals surface area contributed by atoms with E-state index in [1.165, 1.54) is 5.56 Å². The topological polar surface area (TPSA) is 70.2 Å². The van der Waals surface area contributed by atoms with Crippen LogP contribution in [0.4, 0.5) is 11.5 Å². The molecule has 152 valence electrons. The summed E-state index contributed by atoms with van der Waals surface area (Å²) in [5.41, 5.74) is 4.29. The lowest BCUT2D eigenvalue weighted by Crippen LogP contribution is -2.42. The Balaban J connectivity index is 1.51. The van der Waals surface area contributed by atoms with E-state index in [1.54, 1.807) is 13.4 Å². The number of hydrogen-bond donors (Lipinski definition) is 1. The molecule has 1 saturated heterocycles. The van der Waals surface area contributed by atoms with Gasteiger partial charge in [-0.3, -0.25) is 0 Å². The second kappa shape index (κ2) is 7.46. The fourth-order valence-electron chi connectivity index (χ4n) is 4.62. The third kappa shape index (κ3) is 3.32. The van der Waals surface area contributed by atoms with E-state index in [-0.39, 0.29) is 0 Å². The standard InChI is InChI=1S/C21H25ClN6O/c1-13-9-17-16(21(25-12-24-17)27-7-4-14(29-2)5-8-27)11-28(13)18-10-19(22)26-20-15(18)3-6-23-20/h3,6,10,12-14H,4-5,7-9,11H2,1-2H3,(H,23,26)/t13-/m1/s1. The zero-order valence-corrected chi connectivity index (χ0v) is 17.5. The van der Waals surface area contributed by atoms with Crippen molar-refractivity contribution in [3.63, 3.8) is 0 Å². The minimum absolute atomic E-state index is 0.307. The number of fused-ring (bicyclic) bond motifs is 2. The van der Waals surface area contributed by atoms with E-state index in [0.717, 1.165) is 67.1 Å². The summed E-state index contributed by atoms with van der Waals surface area (Å²) in [6, 6.07) is 4.34. The first-order valence-electron chi connectivity index (χ1n) is 10.1. The zero-order valence-electron chi connectivity index (χ0n) is 16.7. The van der Waals surface area contributed by atoms with E-state index in [4.69, 9.17) is 21.3 Å². The Morgan fingerprint density at radius 1 is 1.24 bits per heavy atom. The highest BCUT2D eigenvalue weighted by molar-refractivity contribution is 6.30. The number of ether oxygens (including phenoxy) is 1. The first kappa shape index (κ1) is 18.6. The fourth-order valence-corrected chi connectivity index (χ4v) is 4.81. The highest BCUT2D eigenvalue weighted by atomic mass is 35.5. The van der Waals surface area contributed by atoms with Gasteiger partial charge in [0.05, 0.1) is 17.5 Å². The van der Waals surface area contributed by atoms with E-state index >= 15 is 0 Å². The SMILES string of the molecule is COC1CCN(c2ncnc3c2CN(c2cc(Cl)nc4[nH]ccc24)[C@H](C)C3)CC1. The quantitative estimate of drug-likeness (QED) is 0.663. The van der Waals surface area contributed by atoms with Gasteiger partial charge in [0.1, 0.15) is 22.9 Å². The largest absolute Gasteiger partial charge is 0.381 e. The first-order valence-corrected chi connectivity index (χ1v) is 10.5. The molecule has 0 saturated carbocycles. The Hall–Kier alpha value is -2.38. The van der Waals surface area contributed by atoms with Crippen LogP contribution in [0.2, 0.25) is 5.15 Å². The van der Waals surface area contributed by atoms with E-state index in [1.807, 2.05) is 12.3 Å². The van der Waals surface area contributed by atoms with Crippen molar-refractivity contribution in [3.05, 3.63) is 41.1 Å². The third-order valence-electron chi connectivity index (χ3n) is 6.22. The van der Waals surface area contributed by atoms with Gasteiger partial charge < -0.3 is 19.5 Å². The Morgan fingerprint density at radius 3 is 2.86 bits per heavy atom. The lowest BCUT2D eigenvalue weighted by atomic mass is 9.97. The predicted molar refractivity (Wildman–Crippen MR) is 115 cm³/mol. The summed E-state index contributed by atoms with van der Waals surface area (Å²) in [6.45, 7) is 4.92. The second-order valence-electron chi connectivity index (χ2n) is 7.93. The maximum absolute atomic E-state index is 6.33. The summed E-state index contributed by atoms with van der Waals surface area (Å²) >= 11 is 6.33. The summed E-state index contributed by atoms with van der Waals surface area (Å²) in [4.78, 5) is 21.7. The first-order chi connectivity index (χ1) is 14.1. The molecule has 2 aliphatic heterocycles. The van der Waals surface area contributed by atoms with Gasteiger partial charge in [-0.2, -0.15) is 0 Å². The molecule has 0 radical (unpaired) electrons. The van der Waals surface area contributed by atoms with Gasteiger partial charge in [-0.05, 0) is 31.9 Å². The average molecular weight is 413 g/mol. The molecule has 3 aromatic heterocycles. The van der Waals surface area contributed by atoms with Crippen molar-refractivity contribution in [1.29, 1.82) is 0 Å². The summed E-state index contributed by atoms with van der Waals surface area (Å²) < 4.78 is 5.53. The molecule has 7 nitrogen and oxygen atoms in total. The number of H-pyrrole nitrogens is 1. The number of methoxy groups -OCH3 is 1. The number of halogens is 1. The lowest BCUT2D eigenvalue weighted by Gasteiger charge is -2.39. The van der Waals surface area contributed by atoms with Gasteiger partial charge in [0.25, 0.3) is 0 Å². The van der Waals surface area contributed by atoms with Crippen LogP contribution in [0, 0.1) is 0 Å². The Bertz CT molecular complexity index is 1030. The van der Waals surface area contributed by atoms with Gasteiger partial charge in [-0.1, -0.05) is 11.6 Å². The number of piperidine rings is 1. The molecule has 0 bridgehead atoms. The van der Waals surface area contributed by atoms with E-state index in [9.17, 15) is 0 Å². The monoisotopic (exact) mass is 412 g/mol. The number of aromatic amines is 1. The maximum Gasteiger partial charge on any atom is 0.141 e. The predicted octanol–water partition coefficient (Wildman–Crippen LogP) is 3.57. The van der Waals surface area contributed by atoms with Crippen LogP contribution in [0.15, 0.2) is 24.7 Å². The van der Waals surface area contributed by atoms with E-state index < -0.39 is 0 Å². The van der Waals surface area contributed by atoms with Crippen LogP contribution in [-0.2, 0) is 17.7 Å². The zero-order chi connectivity index (χ0) is 20.0. The Labute approximate surface area is 175 Å². The van der Waals surface area contributed by atoms with Crippen molar-refractivity contribution >= 4 is 34.1 Å². The number of aromatic nitrogens is 4. The van der Waals surface area contributed by atoms with Crippen LogP contribution < -0.4 is 9.80 Å². The van der Waals surface area contributed by atoms with Crippen LogP contribution >= 0.6 is 11.6 Å². The van der Waals surface area contributed by atoms with Gasteiger partial charge in [-0.15, -0.1) is 0 Å². The molecule has 1 fully saturated rings. The molecule has 2 aliphatic rings. The van der Waals surface area contributed by atoms with Crippen LogP contribution in [0.25, 0.3) is 11.0 Å². The molecule has 1 N–H and O–H groups in total. The van der Waals surface area contributed by atoms with Gasteiger partial charge >= 0.3 is 0 Å². The van der Waals surface area contributed by atoms with Crippen molar-refractivity contribution in [2.45, 2.75) is 44.9 Å². The number of anilines is 2. The smallest absolute Gasteiger partial charge is 0.141 e. The molecule has 1 atom stereocenters. The lowest BCUT2D eigenvalue weighted by molar-refractivity contribution is 0.0817. The molecule has 29 heavy (non-hydrogen) atoms. The Morgan fingerprint density at radius 2 is 2.07 bits per heavy atom. The number of nitrogens with one attached hydrogen (secondary N) is 1. The van der Waals surface area contributed by atoms with Crippen molar-refractivity contribution in [3.8, 4) is 0 Å². The minimum atomic E-state index is 0.307. The molecule has 5 heterocycles. The molecule has 3 aromatic rings. The van der Waals surface area contributed by atoms with Crippen molar-refractivity contribution in [1.82, 2.24) is 19.9 Å². The average Bonchev–Trinajstić information content (AvgIpc) is 3.20. The summed E-state index contributed by atoms with van der Waals surface area (Å²) in [5.74, 6) is 1.06. The molecule has 0 unspecified atom stereocenters. The highest BCUT2D eigenvalue weighted by Crippen LogP contribution is 2.36. The van der Waals surface area contributed by atoms with Gasteiger partial charge in [0.15, 0.2) is 0 Å². The van der Waals surface area contributed by atoms with Crippen LogP contribution in [0.1, 0.15) is 31.0 Å². The summed E-state index contributed by atoms with van der Waals surface area (Å²) in [7, 11) is 1.80. The summed E-state index contributed by atoms with van der Waals surface area (Å²) in [5, 5.41) is 1.59. The molecule has 5 rings (SSSR count). The van der Waals surface area contributed by atoms with Crippen LogP contribution in [-0.4, -0.2) is 52.3 Å². The molecule has 0 spiro atoms. The number of rotatable bonds is 3. The second-order valence-corrected chi connectivity index (χ2v) is 8.32. The van der Waals surface area contributed by atoms with Crippen LogP contribution in [0.5, 0.6) is 0 Å². The molecular formula is C21H25ClN6O. The molecule has 8 heteroatoms. The number of pyridine rings is 1. The molecular weight excluding hydrogens is 388 g/mol. The maximum atomic E-state index is 6.33. The van der Waals surface area contributed by atoms with Crippen LogP contribution in [0.3, 0.4) is 0 Å².